The van der Waals surface area contributed by atoms with Gasteiger partial charge in [-0.15, -0.1) is 0 Å². The molecular weight excluding hydrogens is 316 g/mol. The number of nitrogens with zero attached hydrogens (tertiary/aromatic N) is 3. The number of para-hydroxylation sites is 1. The zero-order valence-electron chi connectivity index (χ0n) is 14.9. The molecule has 1 N–H and O–H groups in total. The Kier molecular flexibility index (Phi) is 4.70. The van der Waals surface area contributed by atoms with Gasteiger partial charge in [-0.05, 0) is 38.3 Å². The summed E-state index contributed by atoms with van der Waals surface area (Å²) in [5, 5.41) is 11.3. The van der Waals surface area contributed by atoms with E-state index in [-0.39, 0.29) is 11.8 Å². The van der Waals surface area contributed by atoms with Crippen LogP contribution in [0.2, 0.25) is 0 Å². The molecule has 2 heterocycles. The predicted molar refractivity (Wildman–Crippen MR) is 95.9 cm³/mol. The first-order valence-electron chi connectivity index (χ1n) is 8.30. The summed E-state index contributed by atoms with van der Waals surface area (Å²) in [5.41, 5.74) is 3.87. The summed E-state index contributed by atoms with van der Waals surface area (Å²) in [6, 6.07) is 9.72. The molecule has 3 aromatic rings. The van der Waals surface area contributed by atoms with E-state index in [1.165, 1.54) is 0 Å². The quantitative estimate of drug-likeness (QED) is 0.765. The van der Waals surface area contributed by atoms with E-state index in [4.69, 9.17) is 4.52 Å². The molecule has 0 bridgehead atoms. The van der Waals surface area contributed by atoms with Gasteiger partial charge in [-0.25, -0.2) is 4.68 Å². The van der Waals surface area contributed by atoms with Gasteiger partial charge in [0.1, 0.15) is 11.6 Å². The minimum Gasteiger partial charge on any atom is -0.361 e. The molecule has 25 heavy (non-hydrogen) atoms. The van der Waals surface area contributed by atoms with E-state index >= 15 is 0 Å². The molecule has 1 atom stereocenters. The van der Waals surface area contributed by atoms with Gasteiger partial charge in [0.05, 0.1) is 17.6 Å². The molecular formula is C19H22N4O2. The Bertz CT molecular complexity index is 875. The number of carbonyl (C=O) groups excluding carboxylic acids is 1. The summed E-state index contributed by atoms with van der Waals surface area (Å²) >= 11 is 0. The number of hydrogen-bond donors (Lipinski definition) is 1. The third-order valence-electron chi connectivity index (χ3n) is 4.33. The second-order valence-corrected chi connectivity index (χ2v) is 6.31. The topological polar surface area (TPSA) is 73.0 Å². The van der Waals surface area contributed by atoms with Gasteiger partial charge in [-0.3, -0.25) is 4.79 Å². The van der Waals surface area contributed by atoms with Crippen molar-refractivity contribution in [3.05, 3.63) is 59.1 Å². The van der Waals surface area contributed by atoms with Crippen molar-refractivity contribution < 1.29 is 9.32 Å². The second kappa shape index (κ2) is 6.93. The Morgan fingerprint density at radius 3 is 2.68 bits per heavy atom. The fourth-order valence-corrected chi connectivity index (χ4v) is 3.16. The highest BCUT2D eigenvalue weighted by molar-refractivity contribution is 5.90. The van der Waals surface area contributed by atoms with Gasteiger partial charge >= 0.3 is 0 Å². The van der Waals surface area contributed by atoms with Crippen LogP contribution in [0.5, 0.6) is 0 Å². The van der Waals surface area contributed by atoms with Gasteiger partial charge < -0.3 is 9.84 Å². The van der Waals surface area contributed by atoms with Crippen LogP contribution in [0, 0.1) is 20.8 Å². The molecule has 0 aliphatic carbocycles. The fourth-order valence-electron chi connectivity index (χ4n) is 3.16. The summed E-state index contributed by atoms with van der Waals surface area (Å²) in [6.07, 6.45) is 2.03. The van der Waals surface area contributed by atoms with E-state index in [0.717, 1.165) is 28.3 Å². The predicted octanol–water partition coefficient (Wildman–Crippen LogP) is 3.92. The number of hydrogen-bond acceptors (Lipinski definition) is 4. The van der Waals surface area contributed by atoms with Gasteiger partial charge in [0.2, 0.25) is 5.91 Å². The van der Waals surface area contributed by atoms with Crippen LogP contribution < -0.4 is 5.32 Å². The van der Waals surface area contributed by atoms with Crippen molar-refractivity contribution in [2.75, 3.05) is 5.32 Å². The normalized spacial score (nSPS) is 12.2. The van der Waals surface area contributed by atoms with Crippen molar-refractivity contribution in [1.82, 2.24) is 14.9 Å². The third-order valence-corrected chi connectivity index (χ3v) is 4.33. The standard InChI is InChI=1S/C19H22N4O2/c1-12-7-5-6-8-16(12)23-17(9-10-20-23)21-18(24)11-13(2)19-14(3)22-25-15(19)4/h5-10,13H,11H2,1-4H3,(H,21,24). The Morgan fingerprint density at radius 2 is 2.00 bits per heavy atom. The number of carbonyl (C=O) groups is 1. The first-order chi connectivity index (χ1) is 12.0. The molecule has 0 radical (unpaired) electrons. The number of benzene rings is 1. The Morgan fingerprint density at radius 1 is 1.24 bits per heavy atom. The molecule has 2 aromatic heterocycles. The number of aromatic nitrogens is 3. The zero-order valence-corrected chi connectivity index (χ0v) is 14.9. The number of amides is 1. The molecule has 1 unspecified atom stereocenters. The summed E-state index contributed by atoms with van der Waals surface area (Å²) in [4.78, 5) is 12.5. The number of nitrogens with one attached hydrogen (secondary N) is 1. The van der Waals surface area contributed by atoms with Gasteiger partial charge in [0.25, 0.3) is 0 Å². The highest BCUT2D eigenvalue weighted by atomic mass is 16.5. The van der Waals surface area contributed by atoms with Gasteiger partial charge in [-0.2, -0.15) is 5.10 Å². The molecule has 0 aliphatic rings. The lowest BCUT2D eigenvalue weighted by atomic mass is 9.96. The Balaban J connectivity index is 1.75. The number of aryl methyl sites for hydroxylation is 3. The van der Waals surface area contributed by atoms with Gasteiger partial charge in [0, 0.05) is 18.1 Å². The van der Waals surface area contributed by atoms with Crippen molar-refractivity contribution >= 4 is 11.7 Å². The lowest BCUT2D eigenvalue weighted by molar-refractivity contribution is -0.116. The van der Waals surface area contributed by atoms with Crippen molar-refractivity contribution in [2.45, 2.75) is 40.0 Å². The van der Waals surface area contributed by atoms with Crippen molar-refractivity contribution in [3.63, 3.8) is 0 Å². The highest BCUT2D eigenvalue weighted by Crippen LogP contribution is 2.26. The van der Waals surface area contributed by atoms with Crippen LogP contribution in [0.15, 0.2) is 41.1 Å². The first kappa shape index (κ1) is 17.0. The van der Waals surface area contributed by atoms with Gasteiger partial charge in [-0.1, -0.05) is 30.3 Å². The molecule has 0 saturated carbocycles. The summed E-state index contributed by atoms with van der Waals surface area (Å²) in [6.45, 7) is 7.79. The van der Waals surface area contributed by atoms with E-state index < -0.39 is 0 Å². The molecule has 1 aromatic carbocycles. The maximum atomic E-state index is 12.5. The third kappa shape index (κ3) is 3.47. The van der Waals surface area contributed by atoms with E-state index in [2.05, 4.69) is 15.6 Å². The zero-order chi connectivity index (χ0) is 18.0. The lowest BCUT2D eigenvalue weighted by Gasteiger charge is -2.13. The summed E-state index contributed by atoms with van der Waals surface area (Å²) < 4.78 is 6.94. The van der Waals surface area contributed by atoms with E-state index in [0.29, 0.717) is 12.2 Å². The van der Waals surface area contributed by atoms with Crippen molar-refractivity contribution in [1.29, 1.82) is 0 Å². The minimum absolute atomic E-state index is 0.0288. The average molecular weight is 338 g/mol. The second-order valence-electron chi connectivity index (χ2n) is 6.31. The summed E-state index contributed by atoms with van der Waals surface area (Å²) in [5.74, 6) is 1.39. The molecule has 0 saturated heterocycles. The molecule has 1 amide bonds. The van der Waals surface area contributed by atoms with Crippen LogP contribution in [-0.4, -0.2) is 20.8 Å². The van der Waals surface area contributed by atoms with Crippen LogP contribution in [-0.2, 0) is 4.79 Å². The maximum absolute atomic E-state index is 12.5. The maximum Gasteiger partial charge on any atom is 0.226 e. The first-order valence-corrected chi connectivity index (χ1v) is 8.30. The highest BCUT2D eigenvalue weighted by Gasteiger charge is 2.20. The van der Waals surface area contributed by atoms with Crippen LogP contribution >= 0.6 is 0 Å². The molecule has 3 rings (SSSR count). The van der Waals surface area contributed by atoms with Crippen LogP contribution in [0.25, 0.3) is 5.69 Å². The monoisotopic (exact) mass is 338 g/mol. The van der Waals surface area contributed by atoms with Crippen LogP contribution in [0.3, 0.4) is 0 Å². The van der Waals surface area contributed by atoms with Crippen molar-refractivity contribution in [3.8, 4) is 5.69 Å². The Hall–Kier alpha value is -2.89. The smallest absolute Gasteiger partial charge is 0.226 e. The van der Waals surface area contributed by atoms with Crippen molar-refractivity contribution in [2.24, 2.45) is 0 Å². The van der Waals surface area contributed by atoms with E-state index in [9.17, 15) is 4.79 Å². The van der Waals surface area contributed by atoms with Gasteiger partial charge in [0.15, 0.2) is 0 Å². The molecule has 6 nitrogen and oxygen atoms in total. The molecule has 6 heteroatoms. The fraction of sp³-hybridized carbons (Fsp3) is 0.316. The van der Waals surface area contributed by atoms with E-state index in [1.807, 2.05) is 52.0 Å². The summed E-state index contributed by atoms with van der Waals surface area (Å²) in [7, 11) is 0. The molecule has 130 valence electrons. The average Bonchev–Trinajstić information content (AvgIpc) is 3.14. The molecule has 0 aliphatic heterocycles. The van der Waals surface area contributed by atoms with Crippen LogP contribution in [0.1, 0.15) is 41.8 Å². The largest absolute Gasteiger partial charge is 0.361 e. The Labute approximate surface area is 146 Å². The minimum atomic E-state index is -0.0668. The van der Waals surface area contributed by atoms with E-state index in [1.54, 1.807) is 16.9 Å². The molecule has 0 fully saturated rings. The van der Waals surface area contributed by atoms with Crippen LogP contribution in [0.4, 0.5) is 5.82 Å². The number of rotatable bonds is 5. The number of anilines is 1. The molecule has 0 spiro atoms. The lowest BCUT2D eigenvalue weighted by Crippen LogP contribution is -2.17. The SMILES string of the molecule is Cc1ccccc1-n1nccc1NC(=O)CC(C)c1c(C)noc1C.